The van der Waals surface area contributed by atoms with E-state index in [1.165, 1.54) is 6.92 Å². The summed E-state index contributed by atoms with van der Waals surface area (Å²) in [4.78, 5) is 35.0. The molecular formula is C24H19N5O2. The van der Waals surface area contributed by atoms with Gasteiger partial charge in [-0.3, -0.25) is 9.59 Å². The first kappa shape index (κ1) is 19.9. The van der Waals surface area contributed by atoms with Crippen molar-refractivity contribution >= 4 is 34.1 Å². The van der Waals surface area contributed by atoms with Crippen LogP contribution in [-0.2, 0) is 4.79 Å². The van der Waals surface area contributed by atoms with Gasteiger partial charge < -0.3 is 15.6 Å². The molecule has 7 heteroatoms. The second kappa shape index (κ2) is 8.13. The van der Waals surface area contributed by atoms with E-state index in [1.54, 1.807) is 31.5 Å². The minimum atomic E-state index is -0.188. The maximum absolute atomic E-state index is 11.7. The molecule has 0 aliphatic carbocycles. The Morgan fingerprint density at radius 2 is 1.90 bits per heavy atom. The molecule has 0 aliphatic heterocycles. The molecule has 0 radical (unpaired) electrons. The lowest BCUT2D eigenvalue weighted by Gasteiger charge is -2.12. The number of amides is 1. The van der Waals surface area contributed by atoms with Gasteiger partial charge in [0.15, 0.2) is 0 Å². The van der Waals surface area contributed by atoms with Crippen LogP contribution in [-0.4, -0.2) is 20.9 Å². The fourth-order valence-electron chi connectivity index (χ4n) is 3.22. The number of aromatic amines is 1. The van der Waals surface area contributed by atoms with Crippen LogP contribution in [0.5, 0.6) is 0 Å². The second-order valence-corrected chi connectivity index (χ2v) is 7.12. The van der Waals surface area contributed by atoms with Crippen LogP contribution < -0.4 is 16.2 Å². The molecule has 0 fully saturated rings. The Balaban J connectivity index is 1.73. The number of aromatic nitrogens is 3. The maximum Gasteiger partial charge on any atom is 0.250 e. The van der Waals surface area contributed by atoms with Crippen molar-refractivity contribution in [1.82, 2.24) is 15.0 Å². The molecule has 1 amide bonds. The Bertz CT molecular complexity index is 1420. The number of carbonyl (C=O) groups excluding carboxylic acids is 1. The van der Waals surface area contributed by atoms with Crippen LogP contribution in [0.2, 0.25) is 0 Å². The molecule has 3 N–H and O–H groups in total. The number of aryl methyl sites for hydroxylation is 1. The van der Waals surface area contributed by atoms with Gasteiger partial charge in [-0.15, -0.1) is 6.42 Å². The number of rotatable bonds is 4. The summed E-state index contributed by atoms with van der Waals surface area (Å²) in [6.07, 6.45) is 8.79. The van der Waals surface area contributed by atoms with Gasteiger partial charge in [-0.25, -0.2) is 9.97 Å². The topological polar surface area (TPSA) is 99.8 Å². The van der Waals surface area contributed by atoms with Crippen LogP contribution in [0, 0.1) is 19.3 Å². The summed E-state index contributed by atoms with van der Waals surface area (Å²) in [5.74, 6) is 2.82. The first-order chi connectivity index (χ1) is 14.9. The van der Waals surface area contributed by atoms with E-state index in [9.17, 15) is 9.59 Å². The monoisotopic (exact) mass is 409 g/mol. The molecule has 2 heterocycles. The first-order valence-corrected chi connectivity index (χ1v) is 9.54. The Morgan fingerprint density at radius 3 is 2.65 bits per heavy atom. The summed E-state index contributed by atoms with van der Waals surface area (Å²) in [6, 6.07) is 12.8. The minimum Gasteiger partial charge on any atom is -0.328 e. The highest BCUT2D eigenvalue weighted by Crippen LogP contribution is 2.29. The van der Waals surface area contributed by atoms with E-state index in [-0.39, 0.29) is 11.5 Å². The Morgan fingerprint density at radius 1 is 1.10 bits per heavy atom. The molecule has 2 aromatic heterocycles. The summed E-state index contributed by atoms with van der Waals surface area (Å²) in [5.41, 5.74) is 4.90. The third kappa shape index (κ3) is 4.43. The lowest BCUT2D eigenvalue weighted by molar-refractivity contribution is -0.114. The third-order valence-corrected chi connectivity index (χ3v) is 4.68. The van der Waals surface area contributed by atoms with Crippen molar-refractivity contribution in [2.45, 2.75) is 13.8 Å². The van der Waals surface area contributed by atoms with Gasteiger partial charge in [0.2, 0.25) is 11.9 Å². The zero-order valence-electron chi connectivity index (χ0n) is 17.0. The van der Waals surface area contributed by atoms with Crippen LogP contribution in [0.15, 0.2) is 59.7 Å². The van der Waals surface area contributed by atoms with Crippen molar-refractivity contribution in [2.75, 3.05) is 10.6 Å². The summed E-state index contributed by atoms with van der Waals surface area (Å²) < 4.78 is 0. The molecule has 0 saturated carbocycles. The summed E-state index contributed by atoms with van der Waals surface area (Å²) in [7, 11) is 0. The molecular weight excluding hydrogens is 390 g/mol. The first-order valence-electron chi connectivity index (χ1n) is 9.54. The summed E-state index contributed by atoms with van der Waals surface area (Å²) >= 11 is 0. The molecule has 2 aromatic carbocycles. The number of H-pyrrole nitrogens is 1. The zero-order chi connectivity index (χ0) is 22.0. The largest absolute Gasteiger partial charge is 0.328 e. The molecule has 4 rings (SSSR count). The summed E-state index contributed by atoms with van der Waals surface area (Å²) in [6.45, 7) is 3.19. The van der Waals surface area contributed by atoms with Gasteiger partial charge in [0.1, 0.15) is 0 Å². The molecule has 31 heavy (non-hydrogen) atoms. The number of benzene rings is 2. The number of fused-ring (bicyclic) bond motifs is 1. The highest BCUT2D eigenvalue weighted by Gasteiger charge is 2.08. The fraction of sp³-hybridized carbons (Fsp3) is 0.0833. The lowest BCUT2D eigenvalue weighted by atomic mass is 10.0. The van der Waals surface area contributed by atoms with Gasteiger partial charge >= 0.3 is 0 Å². The van der Waals surface area contributed by atoms with Crippen LogP contribution in [0.3, 0.4) is 0 Å². The molecule has 0 spiro atoms. The van der Waals surface area contributed by atoms with Crippen LogP contribution in [0.4, 0.5) is 17.3 Å². The predicted molar refractivity (Wildman–Crippen MR) is 122 cm³/mol. The Kier molecular flexibility index (Phi) is 5.21. The number of pyridine rings is 1. The molecule has 0 saturated heterocycles. The minimum absolute atomic E-state index is 0.141. The molecule has 4 aromatic rings. The number of nitrogens with one attached hydrogen (secondary N) is 3. The second-order valence-electron chi connectivity index (χ2n) is 7.12. The number of hydrogen-bond donors (Lipinski definition) is 3. The van der Waals surface area contributed by atoms with E-state index in [0.717, 1.165) is 27.6 Å². The van der Waals surface area contributed by atoms with Crippen LogP contribution in [0.1, 0.15) is 18.1 Å². The quantitative estimate of drug-likeness (QED) is 0.443. The molecule has 0 aliphatic rings. The van der Waals surface area contributed by atoms with E-state index < -0.39 is 0 Å². The average Bonchev–Trinajstić information content (AvgIpc) is 2.74. The highest BCUT2D eigenvalue weighted by molar-refractivity contribution is 5.91. The van der Waals surface area contributed by atoms with Crippen molar-refractivity contribution in [3.05, 3.63) is 76.3 Å². The van der Waals surface area contributed by atoms with E-state index in [1.807, 2.05) is 30.3 Å². The maximum atomic E-state index is 11.7. The summed E-state index contributed by atoms with van der Waals surface area (Å²) in [5, 5.41) is 6.83. The van der Waals surface area contributed by atoms with E-state index in [2.05, 4.69) is 31.5 Å². The number of terminal acetylenes is 1. The van der Waals surface area contributed by atoms with E-state index in [0.29, 0.717) is 22.9 Å². The highest BCUT2D eigenvalue weighted by atomic mass is 16.1. The van der Waals surface area contributed by atoms with Gasteiger partial charge in [-0.1, -0.05) is 5.92 Å². The lowest BCUT2D eigenvalue weighted by Crippen LogP contribution is -2.09. The predicted octanol–water partition coefficient (Wildman–Crippen LogP) is 3.98. The Hall–Kier alpha value is -4.44. The van der Waals surface area contributed by atoms with Crippen molar-refractivity contribution < 1.29 is 4.79 Å². The smallest absolute Gasteiger partial charge is 0.250 e. The Labute approximate surface area is 178 Å². The third-order valence-electron chi connectivity index (χ3n) is 4.68. The number of anilines is 3. The standard InChI is InChI=1S/C24H19N5O2/c1-4-16-5-6-22-19(8-16)13-26-24(29-22)28-21-10-17(9-20(11-21)27-15(3)30)18-7-14(2)23(31)25-12-18/h1,5-13H,2-3H3,(H,25,31)(H,27,30)(H,26,28,29). The van der Waals surface area contributed by atoms with Crippen molar-refractivity contribution in [3.63, 3.8) is 0 Å². The normalized spacial score (nSPS) is 10.5. The number of hydrogen-bond acceptors (Lipinski definition) is 5. The molecule has 7 nitrogen and oxygen atoms in total. The molecule has 0 bridgehead atoms. The molecule has 0 unspecified atom stereocenters. The number of nitrogens with zero attached hydrogens (tertiary/aromatic N) is 2. The van der Waals surface area contributed by atoms with Crippen molar-refractivity contribution in [1.29, 1.82) is 0 Å². The van der Waals surface area contributed by atoms with Crippen molar-refractivity contribution in [2.24, 2.45) is 0 Å². The SMILES string of the molecule is C#Cc1ccc2nc(Nc3cc(NC(C)=O)cc(-c4c[nH]c(=O)c(C)c4)c3)ncc2c1. The zero-order valence-corrected chi connectivity index (χ0v) is 17.0. The van der Waals surface area contributed by atoms with Gasteiger partial charge in [-0.2, -0.15) is 0 Å². The van der Waals surface area contributed by atoms with Crippen LogP contribution in [0.25, 0.3) is 22.0 Å². The van der Waals surface area contributed by atoms with E-state index >= 15 is 0 Å². The number of carbonyl (C=O) groups is 1. The van der Waals surface area contributed by atoms with Gasteiger partial charge in [0.25, 0.3) is 5.56 Å². The van der Waals surface area contributed by atoms with E-state index in [4.69, 9.17) is 6.42 Å². The van der Waals surface area contributed by atoms with Gasteiger partial charge in [0, 0.05) is 47.2 Å². The molecule has 0 atom stereocenters. The van der Waals surface area contributed by atoms with Crippen molar-refractivity contribution in [3.8, 4) is 23.5 Å². The van der Waals surface area contributed by atoms with Gasteiger partial charge in [-0.05, 0) is 60.5 Å². The fourth-order valence-corrected chi connectivity index (χ4v) is 3.22. The molecule has 152 valence electrons. The van der Waals surface area contributed by atoms with Gasteiger partial charge in [0.05, 0.1) is 5.52 Å². The van der Waals surface area contributed by atoms with Crippen LogP contribution >= 0.6 is 0 Å². The average molecular weight is 409 g/mol.